The van der Waals surface area contributed by atoms with Crippen molar-refractivity contribution < 1.29 is 23.5 Å². The number of allylic oxidation sites excluding steroid dienone is 2. The van der Waals surface area contributed by atoms with Crippen LogP contribution in [0, 0.1) is 17.1 Å². The van der Waals surface area contributed by atoms with E-state index in [2.05, 4.69) is 4.74 Å². The Hall–Kier alpha value is -3.34. The van der Waals surface area contributed by atoms with Crippen molar-refractivity contribution in [2.24, 2.45) is 5.73 Å². The predicted octanol–water partition coefficient (Wildman–Crippen LogP) is 2.48. The highest BCUT2D eigenvalue weighted by Crippen LogP contribution is 2.34. The number of carbonyl (C=O) groups excluding carboxylic acids is 2. The largest absolute Gasteiger partial charge is 0.431 e. The number of nitriles is 1. The van der Waals surface area contributed by atoms with Gasteiger partial charge in [0.25, 0.3) is 0 Å². The van der Waals surface area contributed by atoms with Crippen LogP contribution in [0.2, 0.25) is 0 Å². The van der Waals surface area contributed by atoms with Gasteiger partial charge < -0.3 is 20.1 Å². The first-order valence-corrected chi connectivity index (χ1v) is 7.89. The molecular weight excluding hydrogens is 341 g/mol. The van der Waals surface area contributed by atoms with Crippen LogP contribution in [0.25, 0.3) is 5.57 Å². The zero-order valence-corrected chi connectivity index (χ0v) is 13.9. The molecule has 7 nitrogen and oxygen atoms in total. The Bertz CT molecular complexity index is 872. The number of halogens is 1. The average molecular weight is 357 g/mol. The minimum Gasteiger partial charge on any atom is -0.431 e. The van der Waals surface area contributed by atoms with Crippen LogP contribution < -0.4 is 5.73 Å². The molecule has 2 aliphatic rings. The number of fused-ring (bicyclic) bond motifs is 1. The quantitative estimate of drug-likeness (QED) is 0.891. The normalized spacial score (nSPS) is 19.7. The number of benzene rings is 1. The molecule has 0 saturated carbocycles. The summed E-state index contributed by atoms with van der Waals surface area (Å²) in [5, 5.41) is 8.95. The summed E-state index contributed by atoms with van der Waals surface area (Å²) in [7, 11) is 1.65. The SMILES string of the molecule is CN1C(=O)OC2=CC=C(c3ccc(CC(C#N)OC(N)=O)c(F)c3)CC21. The summed E-state index contributed by atoms with van der Waals surface area (Å²) in [5.41, 5.74) is 6.66. The zero-order chi connectivity index (χ0) is 18.8. The molecule has 134 valence electrons. The Labute approximate surface area is 149 Å². The minimum atomic E-state index is -1.15. The summed E-state index contributed by atoms with van der Waals surface area (Å²) in [4.78, 5) is 23.8. The number of likely N-dealkylation sites (N-methyl/N-ethyl adjacent to an activating group) is 1. The Kier molecular flexibility index (Phi) is 4.63. The van der Waals surface area contributed by atoms with E-state index in [9.17, 15) is 14.0 Å². The lowest BCUT2D eigenvalue weighted by molar-refractivity contribution is 0.132. The molecule has 1 heterocycles. The zero-order valence-electron chi connectivity index (χ0n) is 13.9. The number of primary amides is 1. The number of ether oxygens (including phenoxy) is 2. The monoisotopic (exact) mass is 357 g/mol. The van der Waals surface area contributed by atoms with Crippen LogP contribution in [-0.2, 0) is 15.9 Å². The van der Waals surface area contributed by atoms with Gasteiger partial charge in [0.2, 0.25) is 0 Å². The molecule has 1 aliphatic carbocycles. The van der Waals surface area contributed by atoms with Gasteiger partial charge in [0, 0.05) is 19.9 Å². The number of nitrogens with two attached hydrogens (primary N) is 1. The molecule has 0 radical (unpaired) electrons. The van der Waals surface area contributed by atoms with Crippen LogP contribution in [0.15, 0.2) is 36.1 Å². The van der Waals surface area contributed by atoms with Crippen LogP contribution in [-0.4, -0.2) is 36.3 Å². The van der Waals surface area contributed by atoms with Gasteiger partial charge in [-0.25, -0.2) is 14.0 Å². The van der Waals surface area contributed by atoms with E-state index in [0.29, 0.717) is 17.7 Å². The van der Waals surface area contributed by atoms with E-state index in [1.807, 2.05) is 0 Å². The van der Waals surface area contributed by atoms with Crippen LogP contribution in [0.3, 0.4) is 0 Å². The number of rotatable bonds is 4. The highest BCUT2D eigenvalue weighted by atomic mass is 19.1. The standard InChI is InChI=1S/C18H16FN3O4/c1-22-15-8-11(4-5-16(15)26-18(22)24)10-2-3-12(14(19)7-10)6-13(9-20)25-17(21)23/h2-5,7,13,15H,6,8H2,1H3,(H2,21,23). The number of hydrogen-bond donors (Lipinski definition) is 1. The number of amides is 2. The van der Waals surface area contributed by atoms with E-state index < -0.39 is 24.1 Å². The summed E-state index contributed by atoms with van der Waals surface area (Å²) in [6.45, 7) is 0. The summed E-state index contributed by atoms with van der Waals surface area (Å²) in [6.07, 6.45) is 1.28. The molecule has 2 amide bonds. The van der Waals surface area contributed by atoms with Crippen molar-refractivity contribution >= 4 is 17.8 Å². The van der Waals surface area contributed by atoms with Gasteiger partial charge in [0.15, 0.2) is 6.10 Å². The molecule has 0 spiro atoms. The van der Waals surface area contributed by atoms with E-state index in [0.717, 1.165) is 5.57 Å². The van der Waals surface area contributed by atoms with Gasteiger partial charge in [-0.05, 0) is 28.8 Å². The van der Waals surface area contributed by atoms with E-state index in [1.165, 1.54) is 11.0 Å². The molecule has 3 rings (SSSR count). The first-order valence-electron chi connectivity index (χ1n) is 7.89. The lowest BCUT2D eigenvalue weighted by Crippen LogP contribution is -2.29. The molecule has 2 atom stereocenters. The fourth-order valence-electron chi connectivity index (χ4n) is 2.98. The van der Waals surface area contributed by atoms with Gasteiger partial charge in [0.1, 0.15) is 17.6 Å². The predicted molar refractivity (Wildman–Crippen MR) is 88.9 cm³/mol. The highest BCUT2D eigenvalue weighted by Gasteiger charge is 2.36. The maximum Gasteiger partial charge on any atom is 0.415 e. The summed E-state index contributed by atoms with van der Waals surface area (Å²) in [5.74, 6) is 0.0670. The molecule has 26 heavy (non-hydrogen) atoms. The first kappa shape index (κ1) is 17.5. The smallest absolute Gasteiger partial charge is 0.415 e. The van der Waals surface area contributed by atoms with Gasteiger partial charge in [0.05, 0.1) is 6.04 Å². The molecule has 0 bridgehead atoms. The number of nitrogens with zero attached hydrogens (tertiary/aromatic N) is 2. The van der Waals surface area contributed by atoms with Gasteiger partial charge in [-0.2, -0.15) is 5.26 Å². The second-order valence-corrected chi connectivity index (χ2v) is 6.02. The Balaban J connectivity index is 1.77. The molecule has 0 aromatic heterocycles. The van der Waals surface area contributed by atoms with Gasteiger partial charge in [-0.3, -0.25) is 0 Å². The van der Waals surface area contributed by atoms with Crippen LogP contribution in [0.1, 0.15) is 17.5 Å². The van der Waals surface area contributed by atoms with Crippen molar-refractivity contribution in [2.45, 2.75) is 25.0 Å². The Morgan fingerprint density at radius 2 is 2.31 bits per heavy atom. The molecule has 2 N–H and O–H groups in total. The van der Waals surface area contributed by atoms with E-state index >= 15 is 0 Å². The molecule has 1 fully saturated rings. The molecule has 2 unspecified atom stereocenters. The van der Waals surface area contributed by atoms with Gasteiger partial charge in [-0.15, -0.1) is 0 Å². The average Bonchev–Trinajstić information content (AvgIpc) is 2.89. The number of hydrogen-bond acceptors (Lipinski definition) is 5. The van der Waals surface area contributed by atoms with E-state index in [4.69, 9.17) is 15.7 Å². The van der Waals surface area contributed by atoms with Gasteiger partial charge in [-0.1, -0.05) is 18.2 Å². The van der Waals surface area contributed by atoms with Crippen molar-refractivity contribution in [1.82, 2.24) is 4.90 Å². The van der Waals surface area contributed by atoms with Crippen LogP contribution in [0.5, 0.6) is 0 Å². The van der Waals surface area contributed by atoms with Gasteiger partial charge >= 0.3 is 12.2 Å². The van der Waals surface area contributed by atoms with Crippen molar-refractivity contribution in [3.63, 3.8) is 0 Å². The van der Waals surface area contributed by atoms with Crippen molar-refractivity contribution in [3.8, 4) is 6.07 Å². The molecule has 8 heteroatoms. The second kappa shape index (κ2) is 6.88. The van der Waals surface area contributed by atoms with E-state index in [-0.39, 0.29) is 18.0 Å². The molecule has 1 saturated heterocycles. The Morgan fingerprint density at radius 1 is 1.54 bits per heavy atom. The summed E-state index contributed by atoms with van der Waals surface area (Å²) >= 11 is 0. The third-order valence-electron chi connectivity index (χ3n) is 4.38. The molecular formula is C18H16FN3O4. The fourth-order valence-corrected chi connectivity index (χ4v) is 2.98. The van der Waals surface area contributed by atoms with Crippen molar-refractivity contribution in [1.29, 1.82) is 5.26 Å². The summed E-state index contributed by atoms with van der Waals surface area (Å²) < 4.78 is 24.2. The number of carbonyl (C=O) groups is 2. The third-order valence-corrected chi connectivity index (χ3v) is 4.38. The third kappa shape index (κ3) is 3.37. The van der Waals surface area contributed by atoms with Crippen LogP contribution in [0.4, 0.5) is 14.0 Å². The molecule has 1 aromatic rings. The lowest BCUT2D eigenvalue weighted by atomic mass is 9.92. The second-order valence-electron chi connectivity index (χ2n) is 6.02. The van der Waals surface area contributed by atoms with E-state index in [1.54, 1.807) is 37.4 Å². The Morgan fingerprint density at radius 3 is 2.96 bits per heavy atom. The summed E-state index contributed by atoms with van der Waals surface area (Å²) in [6, 6.07) is 6.18. The topological polar surface area (TPSA) is 106 Å². The van der Waals surface area contributed by atoms with Crippen molar-refractivity contribution in [3.05, 3.63) is 53.1 Å². The highest BCUT2D eigenvalue weighted by molar-refractivity contribution is 5.77. The first-order chi connectivity index (χ1) is 12.4. The van der Waals surface area contributed by atoms with Crippen molar-refractivity contribution in [2.75, 3.05) is 7.05 Å². The molecule has 1 aromatic carbocycles. The minimum absolute atomic E-state index is 0.0949. The molecule has 1 aliphatic heterocycles. The maximum atomic E-state index is 14.4. The van der Waals surface area contributed by atoms with Crippen LogP contribution >= 0.6 is 0 Å². The lowest BCUT2D eigenvalue weighted by Gasteiger charge is -2.21. The maximum absolute atomic E-state index is 14.4. The fraction of sp³-hybridized carbons (Fsp3) is 0.278.